The van der Waals surface area contributed by atoms with Gasteiger partial charge in [0.25, 0.3) is 0 Å². The number of hydrogen-bond acceptors (Lipinski definition) is 3. The fraction of sp³-hybridized carbons (Fsp3) is 0.300. The summed E-state index contributed by atoms with van der Waals surface area (Å²) in [7, 11) is 1.24. The van der Waals surface area contributed by atoms with Gasteiger partial charge in [-0.1, -0.05) is 13.8 Å². The van der Waals surface area contributed by atoms with E-state index in [0.717, 1.165) is 6.07 Å². The molecule has 0 fully saturated rings. The van der Waals surface area contributed by atoms with Crippen molar-refractivity contribution >= 4 is 27.6 Å². The number of halogens is 2. The first-order valence-electron chi connectivity index (χ1n) is 4.39. The van der Waals surface area contributed by atoms with Crippen molar-refractivity contribution in [1.29, 1.82) is 0 Å². The summed E-state index contributed by atoms with van der Waals surface area (Å²) in [6, 6.07) is 2.35. The SMILES string of the molecule is CC.COC(=O)c1cc(Br)c(F)cc1N. The Morgan fingerprint density at radius 2 is 2.00 bits per heavy atom. The topological polar surface area (TPSA) is 52.3 Å². The minimum Gasteiger partial charge on any atom is -0.465 e. The lowest BCUT2D eigenvalue weighted by atomic mass is 10.2. The molecule has 1 rings (SSSR count). The van der Waals surface area contributed by atoms with Crippen molar-refractivity contribution in [3.63, 3.8) is 0 Å². The van der Waals surface area contributed by atoms with E-state index in [9.17, 15) is 9.18 Å². The van der Waals surface area contributed by atoms with Crippen LogP contribution < -0.4 is 5.73 Å². The first-order chi connectivity index (χ1) is 7.06. The monoisotopic (exact) mass is 277 g/mol. The number of hydrogen-bond donors (Lipinski definition) is 1. The Balaban J connectivity index is 0.000000921. The Morgan fingerprint density at radius 3 is 2.47 bits per heavy atom. The molecule has 5 heteroatoms. The number of ether oxygens (including phenoxy) is 1. The van der Waals surface area contributed by atoms with E-state index in [1.54, 1.807) is 0 Å². The van der Waals surface area contributed by atoms with Gasteiger partial charge in [0.1, 0.15) is 5.82 Å². The summed E-state index contributed by atoms with van der Waals surface area (Å²) < 4.78 is 17.5. The van der Waals surface area contributed by atoms with E-state index >= 15 is 0 Å². The van der Waals surface area contributed by atoms with Crippen molar-refractivity contribution in [2.75, 3.05) is 12.8 Å². The molecule has 0 aliphatic carbocycles. The first-order valence-corrected chi connectivity index (χ1v) is 5.18. The molecule has 84 valence electrons. The molecular formula is C10H13BrFNO2. The van der Waals surface area contributed by atoms with Gasteiger partial charge in [0, 0.05) is 5.69 Å². The Hall–Kier alpha value is -1.10. The van der Waals surface area contributed by atoms with Crippen LogP contribution in [0.25, 0.3) is 0 Å². The largest absolute Gasteiger partial charge is 0.465 e. The number of anilines is 1. The standard InChI is InChI=1S/C8H7BrFNO2.C2H6/c1-13-8(12)4-2-5(9)6(10)3-7(4)11;1-2/h2-3H,11H2,1H3;1-2H3. The lowest BCUT2D eigenvalue weighted by Crippen LogP contribution is -2.06. The van der Waals surface area contributed by atoms with Crippen molar-refractivity contribution in [3.05, 3.63) is 28.0 Å². The average Bonchev–Trinajstić information content (AvgIpc) is 2.25. The molecule has 0 aliphatic heterocycles. The van der Waals surface area contributed by atoms with Crippen molar-refractivity contribution < 1.29 is 13.9 Å². The van der Waals surface area contributed by atoms with Gasteiger partial charge in [-0.15, -0.1) is 0 Å². The highest BCUT2D eigenvalue weighted by Crippen LogP contribution is 2.22. The molecule has 1 aromatic carbocycles. The molecule has 0 unspecified atom stereocenters. The number of nitrogens with two attached hydrogens (primary N) is 1. The van der Waals surface area contributed by atoms with E-state index in [2.05, 4.69) is 20.7 Å². The molecule has 0 atom stereocenters. The summed E-state index contributed by atoms with van der Waals surface area (Å²) in [6.45, 7) is 4.00. The molecule has 15 heavy (non-hydrogen) atoms. The van der Waals surface area contributed by atoms with E-state index in [1.165, 1.54) is 13.2 Å². The van der Waals surface area contributed by atoms with Crippen LogP contribution in [0.2, 0.25) is 0 Å². The fourth-order valence-electron chi connectivity index (χ4n) is 0.849. The zero-order valence-electron chi connectivity index (χ0n) is 8.80. The molecule has 0 saturated carbocycles. The van der Waals surface area contributed by atoms with Crippen molar-refractivity contribution in [2.24, 2.45) is 0 Å². The molecular weight excluding hydrogens is 265 g/mol. The number of benzene rings is 1. The van der Waals surface area contributed by atoms with Gasteiger partial charge in [0.15, 0.2) is 0 Å². The van der Waals surface area contributed by atoms with Crippen LogP contribution in [0.3, 0.4) is 0 Å². The number of nitrogen functional groups attached to an aromatic ring is 1. The maximum atomic E-state index is 12.8. The molecule has 1 aromatic rings. The van der Waals surface area contributed by atoms with E-state index in [4.69, 9.17) is 5.73 Å². The van der Waals surface area contributed by atoms with Gasteiger partial charge in [-0.2, -0.15) is 0 Å². The summed E-state index contributed by atoms with van der Waals surface area (Å²) in [6.07, 6.45) is 0. The molecule has 0 aliphatic rings. The second kappa shape index (κ2) is 6.40. The predicted molar refractivity (Wildman–Crippen MR) is 61.2 cm³/mol. The second-order valence-corrected chi connectivity index (χ2v) is 3.20. The van der Waals surface area contributed by atoms with Crippen LogP contribution in [-0.2, 0) is 4.74 Å². The van der Waals surface area contributed by atoms with Crippen LogP contribution in [0.4, 0.5) is 10.1 Å². The third-order valence-corrected chi connectivity index (χ3v) is 2.11. The predicted octanol–water partition coefficient (Wildman–Crippen LogP) is 2.98. The first kappa shape index (κ1) is 13.9. The minimum absolute atomic E-state index is 0.0625. The van der Waals surface area contributed by atoms with Crippen LogP contribution in [0.5, 0.6) is 0 Å². The Kier molecular flexibility index (Phi) is 5.93. The number of carbonyl (C=O) groups excluding carboxylic acids is 1. The van der Waals surface area contributed by atoms with E-state index < -0.39 is 11.8 Å². The third kappa shape index (κ3) is 3.51. The smallest absolute Gasteiger partial charge is 0.339 e. The molecule has 0 heterocycles. The number of carbonyl (C=O) groups is 1. The molecule has 0 spiro atoms. The molecule has 0 amide bonds. The lowest BCUT2D eigenvalue weighted by molar-refractivity contribution is 0.0602. The van der Waals surface area contributed by atoms with Crippen LogP contribution in [0, 0.1) is 5.82 Å². The van der Waals surface area contributed by atoms with Gasteiger partial charge < -0.3 is 10.5 Å². The average molecular weight is 278 g/mol. The molecule has 3 nitrogen and oxygen atoms in total. The summed E-state index contributed by atoms with van der Waals surface area (Å²) >= 11 is 2.94. The van der Waals surface area contributed by atoms with Gasteiger partial charge >= 0.3 is 5.97 Å². The van der Waals surface area contributed by atoms with Crippen molar-refractivity contribution in [2.45, 2.75) is 13.8 Å². The molecule has 0 saturated heterocycles. The quantitative estimate of drug-likeness (QED) is 0.634. The van der Waals surface area contributed by atoms with Crippen molar-refractivity contribution in [1.82, 2.24) is 0 Å². The van der Waals surface area contributed by atoms with Crippen LogP contribution in [-0.4, -0.2) is 13.1 Å². The maximum absolute atomic E-state index is 12.8. The minimum atomic E-state index is -0.585. The third-order valence-electron chi connectivity index (χ3n) is 1.50. The van der Waals surface area contributed by atoms with Gasteiger partial charge in [0.05, 0.1) is 17.1 Å². The van der Waals surface area contributed by atoms with Crippen LogP contribution in [0.15, 0.2) is 16.6 Å². The zero-order valence-corrected chi connectivity index (χ0v) is 10.4. The summed E-state index contributed by atoms with van der Waals surface area (Å²) in [5.74, 6) is -1.09. The number of esters is 1. The molecule has 0 bridgehead atoms. The van der Waals surface area contributed by atoms with Gasteiger partial charge in [0.2, 0.25) is 0 Å². The second-order valence-electron chi connectivity index (χ2n) is 2.35. The van der Waals surface area contributed by atoms with Crippen LogP contribution >= 0.6 is 15.9 Å². The Morgan fingerprint density at radius 1 is 1.47 bits per heavy atom. The van der Waals surface area contributed by atoms with E-state index in [-0.39, 0.29) is 15.7 Å². The number of methoxy groups -OCH3 is 1. The molecule has 2 N–H and O–H groups in total. The van der Waals surface area contributed by atoms with Crippen LogP contribution in [0.1, 0.15) is 24.2 Å². The summed E-state index contributed by atoms with van der Waals surface area (Å²) in [4.78, 5) is 11.1. The fourth-order valence-corrected chi connectivity index (χ4v) is 1.19. The highest BCUT2D eigenvalue weighted by molar-refractivity contribution is 9.10. The number of rotatable bonds is 1. The summed E-state index contributed by atoms with van der Waals surface area (Å²) in [5.41, 5.74) is 5.62. The van der Waals surface area contributed by atoms with E-state index in [0.29, 0.717) is 0 Å². The highest BCUT2D eigenvalue weighted by atomic mass is 79.9. The Labute approximate surface area is 96.5 Å². The van der Waals surface area contributed by atoms with E-state index in [1.807, 2.05) is 13.8 Å². The highest BCUT2D eigenvalue weighted by Gasteiger charge is 2.12. The Bertz CT molecular complexity index is 356. The molecule has 0 aromatic heterocycles. The molecule has 0 radical (unpaired) electrons. The summed E-state index contributed by atoms with van der Waals surface area (Å²) in [5, 5.41) is 0. The van der Waals surface area contributed by atoms with Crippen molar-refractivity contribution in [3.8, 4) is 0 Å². The lowest BCUT2D eigenvalue weighted by Gasteiger charge is -2.04. The van der Waals surface area contributed by atoms with Gasteiger partial charge in [-0.3, -0.25) is 0 Å². The zero-order chi connectivity index (χ0) is 12.0. The van der Waals surface area contributed by atoms with Gasteiger partial charge in [-0.05, 0) is 28.1 Å². The van der Waals surface area contributed by atoms with Gasteiger partial charge in [-0.25, -0.2) is 9.18 Å². The maximum Gasteiger partial charge on any atom is 0.339 e. The normalized spacial score (nSPS) is 8.87.